The van der Waals surface area contributed by atoms with Gasteiger partial charge in [0.15, 0.2) is 11.5 Å². The Bertz CT molecular complexity index is 803. The quantitative estimate of drug-likeness (QED) is 0.793. The van der Waals surface area contributed by atoms with Gasteiger partial charge < -0.3 is 9.47 Å². The number of hydrogen-bond acceptors (Lipinski definition) is 3. The van der Waals surface area contributed by atoms with Gasteiger partial charge in [-0.3, -0.25) is 4.99 Å². The van der Waals surface area contributed by atoms with Crippen molar-refractivity contribution in [3.63, 3.8) is 0 Å². The monoisotopic (exact) mass is 371 g/mol. The van der Waals surface area contributed by atoms with Crippen LogP contribution in [0.1, 0.15) is 22.3 Å². The molecule has 1 aliphatic heterocycles. The van der Waals surface area contributed by atoms with Gasteiger partial charge in [0.1, 0.15) is 0 Å². The minimum Gasteiger partial charge on any atom is -0.493 e. The molecular weight excluding hydrogens is 355 g/mol. The molecule has 0 saturated carbocycles. The molecule has 2 aromatic carbocycles. The second kappa shape index (κ2) is 7.35. The summed E-state index contributed by atoms with van der Waals surface area (Å²) >= 11 is 0. The van der Waals surface area contributed by atoms with E-state index in [0.717, 1.165) is 23.3 Å². The number of fused-ring (bicyclic) bond motifs is 1. The molecule has 3 rings (SSSR count). The van der Waals surface area contributed by atoms with Crippen LogP contribution in [0.4, 0.5) is 13.2 Å². The molecule has 0 bridgehead atoms. The van der Waals surface area contributed by atoms with Crippen molar-refractivity contribution in [2.75, 3.05) is 20.8 Å². The zero-order chi connectivity index (χ0) is 17.3. The molecule has 1 heterocycles. The molecule has 134 valence electrons. The number of hydrogen-bond donors (Lipinski definition) is 0. The average molecular weight is 372 g/mol. The lowest BCUT2D eigenvalue weighted by molar-refractivity contribution is -0.137. The summed E-state index contributed by atoms with van der Waals surface area (Å²) < 4.78 is 49.5. The zero-order valence-corrected chi connectivity index (χ0v) is 14.5. The van der Waals surface area contributed by atoms with Gasteiger partial charge in [0.05, 0.1) is 25.5 Å². The lowest BCUT2D eigenvalue weighted by Gasteiger charge is -2.20. The van der Waals surface area contributed by atoms with Crippen molar-refractivity contribution in [3.8, 4) is 11.5 Å². The highest BCUT2D eigenvalue weighted by atomic mass is 35.5. The van der Waals surface area contributed by atoms with E-state index in [1.54, 1.807) is 19.2 Å². The van der Waals surface area contributed by atoms with Gasteiger partial charge in [-0.05, 0) is 36.2 Å². The first-order valence-corrected chi connectivity index (χ1v) is 7.41. The van der Waals surface area contributed by atoms with Crippen LogP contribution in [-0.4, -0.2) is 26.5 Å². The molecule has 0 aromatic heterocycles. The van der Waals surface area contributed by atoms with E-state index < -0.39 is 11.7 Å². The predicted molar refractivity (Wildman–Crippen MR) is 92.4 cm³/mol. The SMILES string of the molecule is COc1cc2c(cc1OC)C(c1cccc(C(F)(F)F)c1)=NCC2.Cl. The van der Waals surface area contributed by atoms with E-state index in [1.165, 1.54) is 13.2 Å². The van der Waals surface area contributed by atoms with Crippen LogP contribution >= 0.6 is 12.4 Å². The molecule has 0 N–H and O–H groups in total. The van der Waals surface area contributed by atoms with Gasteiger partial charge >= 0.3 is 6.18 Å². The van der Waals surface area contributed by atoms with E-state index >= 15 is 0 Å². The van der Waals surface area contributed by atoms with Gasteiger partial charge in [0, 0.05) is 17.7 Å². The molecule has 0 fully saturated rings. The van der Waals surface area contributed by atoms with Crippen LogP contribution in [0.15, 0.2) is 41.4 Å². The van der Waals surface area contributed by atoms with Crippen LogP contribution in [-0.2, 0) is 12.6 Å². The average Bonchev–Trinajstić information content (AvgIpc) is 2.59. The maximum atomic E-state index is 13.0. The molecule has 0 saturated heterocycles. The summed E-state index contributed by atoms with van der Waals surface area (Å²) in [4.78, 5) is 4.45. The van der Waals surface area contributed by atoms with Crippen molar-refractivity contribution in [3.05, 3.63) is 58.7 Å². The molecule has 0 radical (unpaired) electrons. The number of methoxy groups -OCH3 is 2. The van der Waals surface area contributed by atoms with Gasteiger partial charge in [-0.25, -0.2) is 0 Å². The summed E-state index contributed by atoms with van der Waals surface area (Å²) in [7, 11) is 3.07. The van der Waals surface area contributed by atoms with Crippen molar-refractivity contribution in [1.82, 2.24) is 0 Å². The Kier molecular flexibility index (Phi) is 5.62. The first-order valence-electron chi connectivity index (χ1n) is 7.41. The molecule has 0 spiro atoms. The highest BCUT2D eigenvalue weighted by Crippen LogP contribution is 2.35. The third-order valence-electron chi connectivity index (χ3n) is 3.98. The lowest BCUT2D eigenvalue weighted by atomic mass is 9.92. The fourth-order valence-corrected chi connectivity index (χ4v) is 2.81. The molecular formula is C18H17ClF3NO2. The number of alkyl halides is 3. The molecule has 0 amide bonds. The third kappa shape index (κ3) is 3.74. The van der Waals surface area contributed by atoms with E-state index in [2.05, 4.69) is 4.99 Å². The maximum Gasteiger partial charge on any atom is 0.416 e. The van der Waals surface area contributed by atoms with E-state index in [4.69, 9.17) is 9.47 Å². The molecule has 1 aliphatic rings. The fraction of sp³-hybridized carbons (Fsp3) is 0.278. The van der Waals surface area contributed by atoms with E-state index in [1.807, 2.05) is 6.07 Å². The Labute approximate surface area is 149 Å². The Morgan fingerprint density at radius 3 is 2.32 bits per heavy atom. The van der Waals surface area contributed by atoms with Crippen molar-refractivity contribution in [2.24, 2.45) is 4.99 Å². The Hall–Kier alpha value is -2.21. The van der Waals surface area contributed by atoms with Crippen LogP contribution in [0, 0.1) is 0 Å². The summed E-state index contributed by atoms with van der Waals surface area (Å²) in [5, 5.41) is 0. The number of nitrogens with zero attached hydrogens (tertiary/aromatic N) is 1. The first kappa shape index (κ1) is 19.1. The summed E-state index contributed by atoms with van der Waals surface area (Å²) in [5.41, 5.74) is 2.06. The van der Waals surface area contributed by atoms with Crippen molar-refractivity contribution in [1.29, 1.82) is 0 Å². The second-order valence-electron chi connectivity index (χ2n) is 5.42. The maximum absolute atomic E-state index is 13.0. The van der Waals surface area contributed by atoms with E-state index in [9.17, 15) is 13.2 Å². The number of aliphatic imine (C=N–C) groups is 1. The normalized spacial score (nSPS) is 13.4. The van der Waals surface area contributed by atoms with Gasteiger partial charge in [0.25, 0.3) is 0 Å². The largest absolute Gasteiger partial charge is 0.493 e. The molecule has 2 aromatic rings. The summed E-state index contributed by atoms with van der Waals surface area (Å²) in [6.45, 7) is 0.522. The van der Waals surface area contributed by atoms with Gasteiger partial charge in [-0.1, -0.05) is 12.1 Å². The minimum atomic E-state index is -4.38. The number of rotatable bonds is 3. The Morgan fingerprint density at radius 1 is 1.00 bits per heavy atom. The Balaban J connectivity index is 0.00000225. The molecule has 7 heteroatoms. The number of benzene rings is 2. The first-order chi connectivity index (χ1) is 11.4. The number of ether oxygens (including phenoxy) is 2. The van der Waals surface area contributed by atoms with Crippen LogP contribution in [0.2, 0.25) is 0 Å². The standard InChI is InChI=1S/C18H16F3NO2.ClH/c1-23-15-9-11-6-7-22-17(14(11)10-16(15)24-2)12-4-3-5-13(8-12)18(19,20)21;/h3-5,8-10H,6-7H2,1-2H3;1H. The van der Waals surface area contributed by atoms with E-state index in [-0.39, 0.29) is 12.4 Å². The second-order valence-corrected chi connectivity index (χ2v) is 5.42. The van der Waals surface area contributed by atoms with Crippen LogP contribution in [0.25, 0.3) is 0 Å². The van der Waals surface area contributed by atoms with Gasteiger partial charge in [0.2, 0.25) is 0 Å². The zero-order valence-electron chi connectivity index (χ0n) is 13.7. The molecule has 0 aliphatic carbocycles. The molecule has 25 heavy (non-hydrogen) atoms. The van der Waals surface area contributed by atoms with Gasteiger partial charge in [-0.15, -0.1) is 12.4 Å². The summed E-state index contributed by atoms with van der Waals surface area (Å²) in [5.74, 6) is 1.12. The molecule has 3 nitrogen and oxygen atoms in total. The van der Waals surface area contributed by atoms with Crippen molar-refractivity contribution < 1.29 is 22.6 Å². The minimum absolute atomic E-state index is 0. The lowest BCUT2D eigenvalue weighted by Crippen LogP contribution is -2.16. The predicted octanol–water partition coefficient (Wildman–Crippen LogP) is 4.54. The molecule has 0 unspecified atom stereocenters. The smallest absolute Gasteiger partial charge is 0.416 e. The van der Waals surface area contributed by atoms with Crippen molar-refractivity contribution in [2.45, 2.75) is 12.6 Å². The number of halogens is 4. The van der Waals surface area contributed by atoms with Crippen LogP contribution in [0.5, 0.6) is 11.5 Å². The van der Waals surface area contributed by atoms with E-state index in [0.29, 0.717) is 35.7 Å². The van der Waals surface area contributed by atoms with Crippen molar-refractivity contribution >= 4 is 18.1 Å². The van der Waals surface area contributed by atoms with Crippen LogP contribution < -0.4 is 9.47 Å². The summed E-state index contributed by atoms with van der Waals surface area (Å²) in [6, 6.07) is 8.85. The summed E-state index contributed by atoms with van der Waals surface area (Å²) in [6.07, 6.45) is -3.68. The van der Waals surface area contributed by atoms with Crippen LogP contribution in [0.3, 0.4) is 0 Å². The highest BCUT2D eigenvalue weighted by Gasteiger charge is 2.31. The molecule has 0 atom stereocenters. The Morgan fingerprint density at radius 2 is 1.68 bits per heavy atom. The third-order valence-corrected chi connectivity index (χ3v) is 3.98. The van der Waals surface area contributed by atoms with Gasteiger partial charge in [-0.2, -0.15) is 13.2 Å². The topological polar surface area (TPSA) is 30.8 Å². The fourth-order valence-electron chi connectivity index (χ4n) is 2.81. The highest BCUT2D eigenvalue weighted by molar-refractivity contribution is 6.14.